The van der Waals surface area contributed by atoms with Gasteiger partial charge >= 0.3 is 6.03 Å². The van der Waals surface area contributed by atoms with E-state index in [1.165, 1.54) is 0 Å². The second kappa shape index (κ2) is 10.7. The van der Waals surface area contributed by atoms with E-state index in [4.69, 9.17) is 16.7 Å². The van der Waals surface area contributed by atoms with Crippen LogP contribution in [0.4, 0.5) is 10.6 Å². The van der Waals surface area contributed by atoms with E-state index in [2.05, 4.69) is 27.2 Å². The van der Waals surface area contributed by atoms with Gasteiger partial charge in [0.05, 0.1) is 17.8 Å². The Morgan fingerprint density at radius 1 is 1.17 bits per heavy atom. The summed E-state index contributed by atoms with van der Waals surface area (Å²) >= 11 is 6.19. The highest BCUT2D eigenvalue weighted by Crippen LogP contribution is 2.30. The monoisotopic (exact) mass is 490 g/mol. The maximum Gasteiger partial charge on any atom is 0.320 e. The lowest BCUT2D eigenvalue weighted by Gasteiger charge is -2.23. The van der Waals surface area contributed by atoms with Crippen LogP contribution in [-0.4, -0.2) is 43.0 Å². The Kier molecular flexibility index (Phi) is 7.43. The Morgan fingerprint density at radius 3 is 2.60 bits per heavy atom. The largest absolute Gasteiger partial charge is 0.391 e. The highest BCUT2D eigenvalue weighted by Gasteiger charge is 2.24. The number of nitrogens with one attached hydrogen (secondary N) is 2. The predicted molar refractivity (Wildman–Crippen MR) is 137 cm³/mol. The molecule has 1 aliphatic carbocycles. The average molecular weight is 491 g/mol. The summed E-state index contributed by atoms with van der Waals surface area (Å²) in [5.74, 6) is 1.16. The molecule has 0 saturated carbocycles. The van der Waals surface area contributed by atoms with Gasteiger partial charge in [0.2, 0.25) is 0 Å². The van der Waals surface area contributed by atoms with Gasteiger partial charge in [0.15, 0.2) is 0 Å². The van der Waals surface area contributed by atoms with Crippen LogP contribution in [0, 0.1) is 13.8 Å². The number of hydrogen-bond donors (Lipinski definition) is 3. The normalized spacial score (nSPS) is 20.7. The van der Waals surface area contributed by atoms with Crippen LogP contribution in [0.25, 0.3) is 16.9 Å². The van der Waals surface area contributed by atoms with Crippen molar-refractivity contribution in [3.63, 3.8) is 0 Å². The van der Waals surface area contributed by atoms with Crippen molar-refractivity contribution in [2.45, 2.75) is 38.8 Å². The fraction of sp³-hybridized carbons (Fsp3) is 0.231. The first-order valence-electron chi connectivity index (χ1n) is 11.2. The highest BCUT2D eigenvalue weighted by atomic mass is 35.5. The number of aliphatic hydroxyl groups is 1. The van der Waals surface area contributed by atoms with Gasteiger partial charge in [-0.25, -0.2) is 19.4 Å². The number of rotatable bonds is 4. The molecule has 9 heteroatoms. The Bertz CT molecular complexity index is 1280. The van der Waals surface area contributed by atoms with Crippen molar-refractivity contribution in [3.05, 3.63) is 89.5 Å². The molecule has 2 heterocycles. The number of aryl methyl sites for hydroxylation is 1. The van der Waals surface area contributed by atoms with Crippen LogP contribution in [0.15, 0.2) is 78.1 Å². The lowest BCUT2D eigenvalue weighted by molar-refractivity contribution is 0.132. The first kappa shape index (κ1) is 24.4. The zero-order chi connectivity index (χ0) is 24.9. The molecular formula is C26H27ClN6O2. The van der Waals surface area contributed by atoms with Crippen molar-refractivity contribution in [1.82, 2.24) is 25.1 Å². The van der Waals surface area contributed by atoms with E-state index in [0.29, 0.717) is 35.2 Å². The standard InChI is InChI=1S/C26H27ClN6O2/c1-16-9-10-20(27)11-12-22(23(34)13-16)30-26(35)31-25-17(2)24(19-14-28-18(3)29-15-19)32-33(25)21-7-5-4-6-8-21/h4-11,14-15,22-23,34H,1,12-13H2,2-3H3,(H2,30,31,35)/b10-9-,20-11+/t22-,23-/m1/s1. The third-order valence-electron chi connectivity index (χ3n) is 5.71. The number of anilines is 1. The summed E-state index contributed by atoms with van der Waals surface area (Å²) in [5.41, 5.74) is 3.66. The number of allylic oxidation sites excluding steroid dienone is 3. The third kappa shape index (κ3) is 5.85. The number of amides is 2. The topological polar surface area (TPSA) is 105 Å². The molecule has 0 saturated heterocycles. The molecule has 0 unspecified atom stereocenters. The Labute approximate surface area is 209 Å². The summed E-state index contributed by atoms with van der Waals surface area (Å²) in [7, 11) is 0. The number of para-hydroxylation sites is 1. The number of carbonyl (C=O) groups excluding carboxylic acids is 1. The molecule has 3 N–H and O–H groups in total. The van der Waals surface area contributed by atoms with E-state index in [-0.39, 0.29) is 0 Å². The van der Waals surface area contributed by atoms with E-state index in [1.807, 2.05) is 44.2 Å². The molecular weight excluding hydrogens is 464 g/mol. The van der Waals surface area contributed by atoms with Crippen LogP contribution in [0.1, 0.15) is 24.2 Å². The van der Waals surface area contributed by atoms with Gasteiger partial charge in [-0.3, -0.25) is 5.32 Å². The maximum absolute atomic E-state index is 13.1. The summed E-state index contributed by atoms with van der Waals surface area (Å²) in [4.78, 5) is 21.7. The third-order valence-corrected chi connectivity index (χ3v) is 5.99. The van der Waals surface area contributed by atoms with Crippen LogP contribution in [0.5, 0.6) is 0 Å². The summed E-state index contributed by atoms with van der Waals surface area (Å²) in [5, 5.41) is 21.8. The minimum atomic E-state index is -0.822. The summed E-state index contributed by atoms with van der Waals surface area (Å²) in [6.07, 6.45) is 8.55. The number of urea groups is 1. The van der Waals surface area contributed by atoms with Gasteiger partial charge in [-0.15, -0.1) is 0 Å². The lowest BCUT2D eigenvalue weighted by Crippen LogP contribution is -2.45. The van der Waals surface area contributed by atoms with Crippen LogP contribution >= 0.6 is 11.6 Å². The highest BCUT2D eigenvalue weighted by molar-refractivity contribution is 6.31. The molecule has 4 rings (SSSR count). The average Bonchev–Trinajstić information content (AvgIpc) is 3.18. The second-order valence-corrected chi connectivity index (χ2v) is 8.82. The second-order valence-electron chi connectivity index (χ2n) is 8.38. The van der Waals surface area contributed by atoms with Gasteiger partial charge < -0.3 is 10.4 Å². The van der Waals surface area contributed by atoms with E-state index >= 15 is 0 Å². The molecule has 0 fully saturated rings. The van der Waals surface area contributed by atoms with Gasteiger partial charge in [-0.2, -0.15) is 5.10 Å². The smallest absolute Gasteiger partial charge is 0.320 e. The van der Waals surface area contributed by atoms with Crippen molar-refractivity contribution < 1.29 is 9.90 Å². The first-order valence-corrected chi connectivity index (χ1v) is 11.6. The summed E-state index contributed by atoms with van der Waals surface area (Å²) in [6, 6.07) is 8.48. The number of benzene rings is 1. The molecule has 35 heavy (non-hydrogen) atoms. The van der Waals surface area contributed by atoms with Gasteiger partial charge in [0.25, 0.3) is 0 Å². The van der Waals surface area contributed by atoms with E-state index in [9.17, 15) is 9.90 Å². The van der Waals surface area contributed by atoms with Crippen molar-refractivity contribution in [3.8, 4) is 16.9 Å². The van der Waals surface area contributed by atoms with Gasteiger partial charge in [-0.1, -0.05) is 54.1 Å². The van der Waals surface area contributed by atoms with Gasteiger partial charge in [-0.05, 0) is 44.9 Å². The Hall–Kier alpha value is -3.75. The molecule has 0 spiro atoms. The summed E-state index contributed by atoms with van der Waals surface area (Å²) in [6.45, 7) is 7.63. The molecule has 1 aromatic carbocycles. The van der Waals surface area contributed by atoms with Crippen molar-refractivity contribution in [1.29, 1.82) is 0 Å². The van der Waals surface area contributed by atoms with E-state index in [1.54, 1.807) is 35.3 Å². The van der Waals surface area contributed by atoms with Crippen molar-refractivity contribution in [2.24, 2.45) is 0 Å². The molecule has 8 nitrogen and oxygen atoms in total. The molecule has 3 aromatic rings. The minimum absolute atomic E-state index is 0.317. The number of nitrogens with zero attached hydrogens (tertiary/aromatic N) is 4. The number of halogens is 1. The van der Waals surface area contributed by atoms with Crippen LogP contribution in [0.3, 0.4) is 0 Å². The van der Waals surface area contributed by atoms with Crippen molar-refractivity contribution >= 4 is 23.4 Å². The zero-order valence-corrected chi connectivity index (χ0v) is 20.3. The number of hydrogen-bond acceptors (Lipinski definition) is 5. The quantitative estimate of drug-likeness (QED) is 0.486. The molecule has 1 aliphatic rings. The molecule has 0 radical (unpaired) electrons. The van der Waals surface area contributed by atoms with E-state index < -0.39 is 18.2 Å². The number of carbonyl (C=O) groups is 1. The minimum Gasteiger partial charge on any atom is -0.391 e. The number of aromatic nitrogens is 4. The summed E-state index contributed by atoms with van der Waals surface area (Å²) < 4.78 is 1.67. The lowest BCUT2D eigenvalue weighted by atomic mass is 10.0. The van der Waals surface area contributed by atoms with E-state index in [0.717, 1.165) is 22.4 Å². The molecule has 0 bridgehead atoms. The van der Waals surface area contributed by atoms with Crippen LogP contribution < -0.4 is 10.6 Å². The predicted octanol–water partition coefficient (Wildman–Crippen LogP) is 4.83. The first-order chi connectivity index (χ1) is 16.8. The fourth-order valence-electron chi connectivity index (χ4n) is 3.80. The Morgan fingerprint density at radius 2 is 1.89 bits per heavy atom. The van der Waals surface area contributed by atoms with Crippen LogP contribution in [-0.2, 0) is 0 Å². The fourth-order valence-corrected chi connectivity index (χ4v) is 3.95. The van der Waals surface area contributed by atoms with Gasteiger partial charge in [0, 0.05) is 28.6 Å². The molecule has 180 valence electrons. The van der Waals surface area contributed by atoms with Crippen molar-refractivity contribution in [2.75, 3.05) is 5.32 Å². The SMILES string of the molecule is C=C1/C=C\C(Cl)=C/C[C@@H](NC(=O)Nc2c(C)c(-c3cnc(C)nc3)nn2-c2ccccc2)[C@H](O)C1. The molecule has 2 aromatic heterocycles. The number of aliphatic hydroxyl groups excluding tert-OH is 1. The molecule has 2 amide bonds. The molecule has 0 aliphatic heterocycles. The van der Waals surface area contributed by atoms with Crippen LogP contribution in [0.2, 0.25) is 0 Å². The zero-order valence-electron chi connectivity index (χ0n) is 19.6. The maximum atomic E-state index is 13.1. The van der Waals surface area contributed by atoms with Gasteiger partial charge in [0.1, 0.15) is 17.3 Å². The molecule has 2 atom stereocenters. The Balaban J connectivity index is 1.63.